The Morgan fingerprint density at radius 3 is 2.47 bits per heavy atom. The summed E-state index contributed by atoms with van der Waals surface area (Å²) < 4.78 is 43.2. The van der Waals surface area contributed by atoms with Crippen LogP contribution in [-0.2, 0) is 32.7 Å². The van der Waals surface area contributed by atoms with Crippen molar-refractivity contribution in [2.75, 3.05) is 6.54 Å². The van der Waals surface area contributed by atoms with E-state index in [1.807, 2.05) is 20.8 Å². The molecule has 3 atom stereocenters. The number of likely N-dealkylation sites (tertiary alicyclic amines) is 1. The van der Waals surface area contributed by atoms with Crippen LogP contribution < -0.4 is 10.0 Å². The zero-order valence-corrected chi connectivity index (χ0v) is 25.2. The molecule has 11 nitrogen and oxygen atoms in total. The number of β-amino-alcohol motifs (C(OH)–C–C–N with tert-alkyl or cyclic N) is 1. The molecule has 3 N–H and O–H groups in total. The van der Waals surface area contributed by atoms with E-state index in [1.165, 1.54) is 35.2 Å². The first-order valence-electron chi connectivity index (χ1n) is 14.3. The SMILES string of the molecule is CC(C)(C)[C@@H](C(=O)N1C[C@H](O)C[C@H]1C(=O)NCc1cccc(S(=O)(=O)NCc2cccc(F)c2)c1)n1cc(C2CC2)nn1. The van der Waals surface area contributed by atoms with Crippen LogP contribution in [0.25, 0.3) is 0 Å². The van der Waals surface area contributed by atoms with E-state index >= 15 is 0 Å². The van der Waals surface area contributed by atoms with Gasteiger partial charge in [0.05, 0.1) is 16.7 Å². The molecule has 2 heterocycles. The number of nitrogens with zero attached hydrogens (tertiary/aromatic N) is 4. The van der Waals surface area contributed by atoms with E-state index in [1.54, 1.807) is 29.1 Å². The van der Waals surface area contributed by atoms with Crippen LogP contribution in [-0.4, -0.2) is 63.9 Å². The summed E-state index contributed by atoms with van der Waals surface area (Å²) in [5, 5.41) is 21.8. The number of aromatic nitrogens is 3. The second-order valence-corrected chi connectivity index (χ2v) is 14.1. The quantitative estimate of drug-likeness (QED) is 0.319. The maximum Gasteiger partial charge on any atom is 0.248 e. The van der Waals surface area contributed by atoms with E-state index < -0.39 is 45.4 Å². The minimum absolute atomic E-state index is 0.00448. The molecule has 5 rings (SSSR count). The predicted molar refractivity (Wildman–Crippen MR) is 155 cm³/mol. The van der Waals surface area contributed by atoms with Gasteiger partial charge in [0.25, 0.3) is 0 Å². The Balaban J connectivity index is 1.25. The largest absolute Gasteiger partial charge is 0.391 e. The minimum Gasteiger partial charge on any atom is -0.391 e. The number of rotatable bonds is 10. The molecule has 2 fully saturated rings. The van der Waals surface area contributed by atoms with Crippen LogP contribution in [0.15, 0.2) is 59.6 Å². The summed E-state index contributed by atoms with van der Waals surface area (Å²) in [6.07, 6.45) is 3.12. The second-order valence-electron chi connectivity index (χ2n) is 12.4. The lowest BCUT2D eigenvalue weighted by Gasteiger charge is -2.34. The van der Waals surface area contributed by atoms with Gasteiger partial charge in [-0.15, -0.1) is 5.10 Å². The van der Waals surface area contributed by atoms with E-state index in [-0.39, 0.29) is 36.9 Å². The van der Waals surface area contributed by atoms with Crippen LogP contribution in [0.5, 0.6) is 0 Å². The van der Waals surface area contributed by atoms with Crippen LogP contribution in [0.3, 0.4) is 0 Å². The van der Waals surface area contributed by atoms with Gasteiger partial charge in [-0.05, 0) is 53.6 Å². The van der Waals surface area contributed by atoms with E-state index in [9.17, 15) is 27.5 Å². The van der Waals surface area contributed by atoms with Crippen molar-refractivity contribution in [3.05, 3.63) is 77.4 Å². The molecule has 1 aromatic heterocycles. The molecule has 1 aliphatic carbocycles. The Morgan fingerprint density at radius 1 is 1.09 bits per heavy atom. The van der Waals surface area contributed by atoms with Crippen LogP contribution in [0.1, 0.15) is 68.8 Å². The molecule has 0 spiro atoms. The standard InChI is InChI=1S/C30H37FN6O5S/c1-30(2,3)27(37-18-25(34-35-37)21-10-11-21)29(40)36-17-23(38)14-26(36)28(39)32-15-20-7-5-9-24(13-20)43(41,42)33-16-19-6-4-8-22(31)12-19/h4-9,12-13,18,21,23,26-27,33,38H,10-11,14-17H2,1-3H3,(H,32,39)/t23-,26+,27-/m1/s1. The van der Waals surface area contributed by atoms with E-state index in [2.05, 4.69) is 20.4 Å². The van der Waals surface area contributed by atoms with Gasteiger partial charge in [-0.3, -0.25) is 9.59 Å². The Hall–Kier alpha value is -3.68. The van der Waals surface area contributed by atoms with E-state index in [4.69, 9.17) is 0 Å². The van der Waals surface area contributed by atoms with Gasteiger partial charge in [-0.25, -0.2) is 22.2 Å². The summed E-state index contributed by atoms with van der Waals surface area (Å²) >= 11 is 0. The summed E-state index contributed by atoms with van der Waals surface area (Å²) in [5.41, 5.74) is 1.31. The highest BCUT2D eigenvalue weighted by Crippen LogP contribution is 2.40. The average molecular weight is 613 g/mol. The molecular weight excluding hydrogens is 575 g/mol. The molecule has 1 saturated heterocycles. The van der Waals surface area contributed by atoms with Crippen LogP contribution in [0.2, 0.25) is 0 Å². The van der Waals surface area contributed by atoms with Crippen LogP contribution >= 0.6 is 0 Å². The molecule has 1 aliphatic heterocycles. The number of aliphatic hydroxyl groups excluding tert-OH is 1. The lowest BCUT2D eigenvalue weighted by molar-refractivity contribution is -0.144. The Labute approximate surface area is 250 Å². The first kappa shape index (κ1) is 30.8. The van der Waals surface area contributed by atoms with Crippen molar-refractivity contribution in [3.8, 4) is 0 Å². The molecule has 2 aromatic carbocycles. The molecule has 2 aliphatic rings. The number of benzene rings is 2. The van der Waals surface area contributed by atoms with Crippen molar-refractivity contribution in [1.29, 1.82) is 0 Å². The highest BCUT2D eigenvalue weighted by atomic mass is 32.2. The van der Waals surface area contributed by atoms with E-state index in [0.29, 0.717) is 17.0 Å². The number of carbonyl (C=O) groups excluding carboxylic acids is 2. The number of hydrogen-bond acceptors (Lipinski definition) is 7. The van der Waals surface area contributed by atoms with Crippen molar-refractivity contribution in [2.45, 2.75) is 82.1 Å². The number of hydrogen-bond donors (Lipinski definition) is 3. The maximum atomic E-state index is 13.9. The smallest absolute Gasteiger partial charge is 0.248 e. The number of amides is 2. The lowest BCUT2D eigenvalue weighted by atomic mass is 9.85. The van der Waals surface area contributed by atoms with Gasteiger partial charge in [0.1, 0.15) is 17.9 Å². The number of nitrogens with one attached hydrogen (secondary N) is 2. The molecule has 3 aromatic rings. The summed E-state index contributed by atoms with van der Waals surface area (Å²) in [6, 6.07) is 10.1. The van der Waals surface area contributed by atoms with Crippen molar-refractivity contribution in [3.63, 3.8) is 0 Å². The predicted octanol–water partition coefficient (Wildman–Crippen LogP) is 2.64. The molecule has 0 bridgehead atoms. The molecule has 230 valence electrons. The van der Waals surface area contributed by atoms with Gasteiger partial charge >= 0.3 is 0 Å². The van der Waals surface area contributed by atoms with Gasteiger partial charge in [-0.2, -0.15) is 0 Å². The summed E-state index contributed by atoms with van der Waals surface area (Å²) in [5.74, 6) is -0.866. The molecule has 2 amide bonds. The number of sulfonamides is 1. The van der Waals surface area contributed by atoms with Crippen molar-refractivity contribution >= 4 is 21.8 Å². The fourth-order valence-corrected chi connectivity index (χ4v) is 6.45. The molecule has 43 heavy (non-hydrogen) atoms. The zero-order valence-electron chi connectivity index (χ0n) is 24.4. The number of aliphatic hydroxyl groups is 1. The lowest BCUT2D eigenvalue weighted by Crippen LogP contribution is -2.50. The molecule has 0 unspecified atom stereocenters. The number of carbonyl (C=O) groups is 2. The zero-order chi connectivity index (χ0) is 30.9. The van der Waals surface area contributed by atoms with Gasteiger partial charge in [0, 0.05) is 38.2 Å². The second kappa shape index (κ2) is 12.1. The Kier molecular flexibility index (Phi) is 8.68. The highest BCUT2D eigenvalue weighted by Gasteiger charge is 2.45. The van der Waals surface area contributed by atoms with Gasteiger partial charge in [-0.1, -0.05) is 50.3 Å². The highest BCUT2D eigenvalue weighted by molar-refractivity contribution is 7.89. The van der Waals surface area contributed by atoms with E-state index in [0.717, 1.165) is 18.5 Å². The van der Waals surface area contributed by atoms with Crippen molar-refractivity contribution in [2.24, 2.45) is 5.41 Å². The Bertz CT molecular complexity index is 1600. The Morgan fingerprint density at radius 2 is 1.79 bits per heavy atom. The van der Waals surface area contributed by atoms with Crippen molar-refractivity contribution in [1.82, 2.24) is 29.9 Å². The minimum atomic E-state index is -3.91. The monoisotopic (exact) mass is 612 g/mol. The average Bonchev–Trinajstić information content (AvgIpc) is 3.56. The van der Waals surface area contributed by atoms with Gasteiger partial charge in [0.15, 0.2) is 0 Å². The first-order valence-corrected chi connectivity index (χ1v) is 15.8. The maximum absolute atomic E-state index is 13.9. The third kappa shape index (κ3) is 7.28. The molecule has 0 radical (unpaired) electrons. The summed E-state index contributed by atoms with van der Waals surface area (Å²) in [4.78, 5) is 28.7. The van der Waals surface area contributed by atoms with Crippen LogP contribution in [0, 0.1) is 11.2 Å². The summed E-state index contributed by atoms with van der Waals surface area (Å²) in [7, 11) is -3.91. The molecule has 1 saturated carbocycles. The third-order valence-electron chi connectivity index (χ3n) is 7.74. The summed E-state index contributed by atoms with van der Waals surface area (Å²) in [6.45, 7) is 5.70. The third-order valence-corrected chi connectivity index (χ3v) is 9.14. The van der Waals surface area contributed by atoms with Gasteiger partial charge in [0.2, 0.25) is 21.8 Å². The number of halogens is 1. The fraction of sp³-hybridized carbons (Fsp3) is 0.467. The van der Waals surface area contributed by atoms with Crippen LogP contribution in [0.4, 0.5) is 4.39 Å². The molecular formula is C30H37FN6O5S. The van der Waals surface area contributed by atoms with Gasteiger partial charge < -0.3 is 15.3 Å². The van der Waals surface area contributed by atoms with Crippen molar-refractivity contribution < 1.29 is 27.5 Å². The topological polar surface area (TPSA) is 147 Å². The normalized spacial score (nSPS) is 19.8. The fourth-order valence-electron chi connectivity index (χ4n) is 5.36. The molecule has 13 heteroatoms. The first-order chi connectivity index (χ1) is 20.3.